The van der Waals surface area contributed by atoms with Crippen LogP contribution in [0.3, 0.4) is 0 Å². The monoisotopic (exact) mass is 235 g/mol. The molecule has 1 aliphatic rings. The van der Waals surface area contributed by atoms with Gasteiger partial charge in [-0.2, -0.15) is 0 Å². The second-order valence-electron chi connectivity index (χ2n) is 4.55. The SMILES string of the molecule is COc1ccc(N2CCCC2CCCO)cc1. The molecule has 94 valence electrons. The van der Waals surface area contributed by atoms with Gasteiger partial charge < -0.3 is 14.7 Å². The van der Waals surface area contributed by atoms with Crippen LogP contribution in [0.2, 0.25) is 0 Å². The van der Waals surface area contributed by atoms with Crippen molar-refractivity contribution in [3.63, 3.8) is 0 Å². The van der Waals surface area contributed by atoms with E-state index in [9.17, 15) is 0 Å². The van der Waals surface area contributed by atoms with Gasteiger partial charge in [-0.15, -0.1) is 0 Å². The quantitative estimate of drug-likeness (QED) is 0.851. The summed E-state index contributed by atoms with van der Waals surface area (Å²) in [5, 5.41) is 8.92. The highest BCUT2D eigenvalue weighted by Crippen LogP contribution is 2.29. The number of benzene rings is 1. The van der Waals surface area contributed by atoms with E-state index in [1.54, 1.807) is 7.11 Å². The summed E-state index contributed by atoms with van der Waals surface area (Å²) in [4.78, 5) is 2.45. The molecule has 1 atom stereocenters. The number of aliphatic hydroxyl groups excluding tert-OH is 1. The molecule has 1 fully saturated rings. The van der Waals surface area contributed by atoms with Crippen molar-refractivity contribution >= 4 is 5.69 Å². The molecule has 1 aromatic carbocycles. The van der Waals surface area contributed by atoms with Gasteiger partial charge >= 0.3 is 0 Å². The van der Waals surface area contributed by atoms with E-state index in [1.165, 1.54) is 18.5 Å². The van der Waals surface area contributed by atoms with E-state index in [2.05, 4.69) is 17.0 Å². The van der Waals surface area contributed by atoms with Crippen molar-refractivity contribution in [1.29, 1.82) is 0 Å². The van der Waals surface area contributed by atoms with Gasteiger partial charge in [-0.25, -0.2) is 0 Å². The van der Waals surface area contributed by atoms with Gasteiger partial charge in [-0.3, -0.25) is 0 Å². The summed E-state index contributed by atoms with van der Waals surface area (Å²) in [7, 11) is 1.69. The summed E-state index contributed by atoms with van der Waals surface area (Å²) in [5.74, 6) is 0.903. The van der Waals surface area contributed by atoms with E-state index in [1.807, 2.05) is 12.1 Å². The van der Waals surface area contributed by atoms with Crippen molar-refractivity contribution in [1.82, 2.24) is 0 Å². The molecular formula is C14H21NO2. The number of hydrogen-bond donors (Lipinski definition) is 1. The number of hydrogen-bond acceptors (Lipinski definition) is 3. The lowest BCUT2D eigenvalue weighted by Crippen LogP contribution is -2.29. The lowest BCUT2D eigenvalue weighted by molar-refractivity contribution is 0.279. The van der Waals surface area contributed by atoms with Crippen LogP contribution in [0.25, 0.3) is 0 Å². The molecule has 1 unspecified atom stereocenters. The van der Waals surface area contributed by atoms with Crippen molar-refractivity contribution in [2.75, 3.05) is 25.2 Å². The van der Waals surface area contributed by atoms with Crippen molar-refractivity contribution in [2.45, 2.75) is 31.7 Å². The second kappa shape index (κ2) is 5.92. The maximum Gasteiger partial charge on any atom is 0.119 e. The number of rotatable bonds is 5. The molecule has 0 saturated carbocycles. The van der Waals surface area contributed by atoms with Crippen LogP contribution in [0.1, 0.15) is 25.7 Å². The summed E-state index contributed by atoms with van der Waals surface area (Å²) >= 11 is 0. The molecule has 17 heavy (non-hydrogen) atoms. The Hall–Kier alpha value is -1.22. The first-order valence-corrected chi connectivity index (χ1v) is 6.36. The largest absolute Gasteiger partial charge is 0.497 e. The van der Waals surface area contributed by atoms with Crippen molar-refractivity contribution < 1.29 is 9.84 Å². The van der Waals surface area contributed by atoms with Crippen molar-refractivity contribution in [2.24, 2.45) is 0 Å². The summed E-state index contributed by atoms with van der Waals surface area (Å²) in [5.41, 5.74) is 1.27. The summed E-state index contributed by atoms with van der Waals surface area (Å²) in [6.07, 6.45) is 4.48. The first-order valence-electron chi connectivity index (χ1n) is 6.36. The van der Waals surface area contributed by atoms with Crippen molar-refractivity contribution in [3.8, 4) is 5.75 Å². The van der Waals surface area contributed by atoms with E-state index >= 15 is 0 Å². The third-order valence-corrected chi connectivity index (χ3v) is 3.48. The number of ether oxygens (including phenoxy) is 1. The fourth-order valence-corrected chi connectivity index (χ4v) is 2.58. The fraction of sp³-hybridized carbons (Fsp3) is 0.571. The zero-order chi connectivity index (χ0) is 12.1. The van der Waals surface area contributed by atoms with Gasteiger partial charge in [-0.05, 0) is 49.9 Å². The molecule has 3 heteroatoms. The van der Waals surface area contributed by atoms with Crippen LogP contribution >= 0.6 is 0 Å². The van der Waals surface area contributed by atoms with E-state index in [0.717, 1.165) is 25.1 Å². The highest BCUT2D eigenvalue weighted by atomic mass is 16.5. The topological polar surface area (TPSA) is 32.7 Å². The highest BCUT2D eigenvalue weighted by molar-refractivity contribution is 5.50. The molecule has 0 radical (unpaired) electrons. The molecule has 0 aliphatic carbocycles. The van der Waals surface area contributed by atoms with E-state index < -0.39 is 0 Å². The highest BCUT2D eigenvalue weighted by Gasteiger charge is 2.23. The van der Waals surface area contributed by atoms with Gasteiger partial charge in [0, 0.05) is 24.9 Å². The summed E-state index contributed by atoms with van der Waals surface area (Å²) in [6, 6.07) is 8.86. The van der Waals surface area contributed by atoms with Crippen LogP contribution in [0.15, 0.2) is 24.3 Å². The smallest absolute Gasteiger partial charge is 0.119 e. The summed E-state index contributed by atoms with van der Waals surface area (Å²) in [6.45, 7) is 1.43. The number of methoxy groups -OCH3 is 1. The molecule has 1 aliphatic heterocycles. The normalized spacial score (nSPS) is 19.6. The maximum atomic E-state index is 8.92. The average Bonchev–Trinajstić information content (AvgIpc) is 2.84. The van der Waals surface area contributed by atoms with Gasteiger partial charge in [0.05, 0.1) is 7.11 Å². The molecule has 0 aromatic heterocycles. The molecule has 3 nitrogen and oxygen atoms in total. The zero-order valence-electron chi connectivity index (χ0n) is 10.4. The van der Waals surface area contributed by atoms with Crippen LogP contribution in [0.5, 0.6) is 5.75 Å². The third kappa shape index (κ3) is 2.91. The number of nitrogens with zero attached hydrogens (tertiary/aromatic N) is 1. The van der Waals surface area contributed by atoms with E-state index in [0.29, 0.717) is 12.6 Å². The first-order chi connectivity index (χ1) is 8.35. The zero-order valence-corrected chi connectivity index (χ0v) is 10.4. The molecule has 1 saturated heterocycles. The van der Waals surface area contributed by atoms with Crippen molar-refractivity contribution in [3.05, 3.63) is 24.3 Å². The third-order valence-electron chi connectivity index (χ3n) is 3.48. The van der Waals surface area contributed by atoms with Gasteiger partial charge in [0.25, 0.3) is 0 Å². The molecule has 0 bridgehead atoms. The van der Waals surface area contributed by atoms with E-state index in [-0.39, 0.29) is 0 Å². The lowest BCUT2D eigenvalue weighted by atomic mass is 10.1. The van der Waals surface area contributed by atoms with Gasteiger partial charge in [0.15, 0.2) is 0 Å². The summed E-state index contributed by atoms with van der Waals surface area (Å²) < 4.78 is 5.17. The Bertz CT molecular complexity index is 337. The fourth-order valence-electron chi connectivity index (χ4n) is 2.58. The predicted molar refractivity (Wildman–Crippen MR) is 69.7 cm³/mol. The molecule has 2 rings (SSSR count). The standard InChI is InChI=1S/C14H21NO2/c1-17-14-8-6-13(7-9-14)15-10-2-4-12(15)5-3-11-16/h6-9,12,16H,2-5,10-11H2,1H3. The van der Waals surface area contributed by atoms with E-state index in [4.69, 9.17) is 9.84 Å². The molecule has 0 amide bonds. The van der Waals surface area contributed by atoms with Gasteiger partial charge in [0.2, 0.25) is 0 Å². The molecular weight excluding hydrogens is 214 g/mol. The van der Waals surface area contributed by atoms with Crippen LogP contribution in [-0.4, -0.2) is 31.4 Å². The van der Waals surface area contributed by atoms with Crippen LogP contribution in [-0.2, 0) is 0 Å². The Morgan fingerprint density at radius 2 is 2.12 bits per heavy atom. The maximum absolute atomic E-state index is 8.92. The first kappa shape index (κ1) is 12.2. The van der Waals surface area contributed by atoms with Gasteiger partial charge in [-0.1, -0.05) is 0 Å². The van der Waals surface area contributed by atoms with Crippen LogP contribution < -0.4 is 9.64 Å². The van der Waals surface area contributed by atoms with Crippen LogP contribution in [0, 0.1) is 0 Å². The Balaban J connectivity index is 2.03. The Labute approximate surface area is 103 Å². The average molecular weight is 235 g/mol. The predicted octanol–water partition coefficient (Wildman–Crippen LogP) is 2.44. The molecule has 1 aromatic rings. The molecule has 1 heterocycles. The Morgan fingerprint density at radius 3 is 2.76 bits per heavy atom. The Kier molecular flexibility index (Phi) is 4.26. The molecule has 1 N–H and O–H groups in total. The minimum absolute atomic E-state index is 0.299. The Morgan fingerprint density at radius 1 is 1.35 bits per heavy atom. The lowest BCUT2D eigenvalue weighted by Gasteiger charge is -2.26. The second-order valence-corrected chi connectivity index (χ2v) is 4.55. The molecule has 0 spiro atoms. The van der Waals surface area contributed by atoms with Gasteiger partial charge in [0.1, 0.15) is 5.75 Å². The number of anilines is 1. The minimum Gasteiger partial charge on any atom is -0.497 e. The number of aliphatic hydroxyl groups is 1. The van der Waals surface area contributed by atoms with Crippen LogP contribution in [0.4, 0.5) is 5.69 Å². The minimum atomic E-state index is 0.299.